The Kier molecular flexibility index (Phi) is 4.77. The van der Waals surface area contributed by atoms with Crippen LogP contribution in [0.25, 0.3) is 11.4 Å². The molecule has 2 heterocycles. The highest BCUT2D eigenvalue weighted by Gasteiger charge is 2.30. The second-order valence-corrected chi connectivity index (χ2v) is 6.85. The average molecular weight is 377 g/mol. The van der Waals surface area contributed by atoms with Crippen LogP contribution >= 0.6 is 0 Å². The molecule has 28 heavy (non-hydrogen) atoms. The number of aromatic nitrogens is 2. The van der Waals surface area contributed by atoms with Crippen molar-refractivity contribution in [2.45, 2.75) is 19.4 Å². The van der Waals surface area contributed by atoms with Gasteiger partial charge < -0.3 is 19.4 Å². The molecule has 3 aromatic rings. The Balaban J connectivity index is 1.64. The van der Waals surface area contributed by atoms with Crippen LogP contribution in [0.15, 0.2) is 48.8 Å². The molecular weight excluding hydrogens is 354 g/mol. The summed E-state index contributed by atoms with van der Waals surface area (Å²) in [6.45, 7) is 2.71. The fourth-order valence-corrected chi connectivity index (χ4v) is 3.81. The Labute approximate surface area is 164 Å². The van der Waals surface area contributed by atoms with Crippen molar-refractivity contribution in [2.24, 2.45) is 0 Å². The van der Waals surface area contributed by atoms with Crippen molar-refractivity contribution in [1.82, 2.24) is 14.9 Å². The van der Waals surface area contributed by atoms with Crippen LogP contribution in [0.4, 0.5) is 0 Å². The van der Waals surface area contributed by atoms with Crippen molar-refractivity contribution in [1.29, 1.82) is 0 Å². The van der Waals surface area contributed by atoms with Gasteiger partial charge in [0, 0.05) is 30.1 Å². The van der Waals surface area contributed by atoms with E-state index in [2.05, 4.69) is 16.9 Å². The normalized spacial score (nSPS) is 15.8. The number of rotatable bonds is 4. The van der Waals surface area contributed by atoms with Gasteiger partial charge in [-0.1, -0.05) is 12.1 Å². The van der Waals surface area contributed by atoms with E-state index >= 15 is 0 Å². The predicted molar refractivity (Wildman–Crippen MR) is 107 cm³/mol. The number of hydrogen-bond acceptors (Lipinski definition) is 4. The number of nitrogens with one attached hydrogen (secondary N) is 1. The first-order valence-electron chi connectivity index (χ1n) is 9.28. The van der Waals surface area contributed by atoms with Crippen molar-refractivity contribution in [3.05, 3.63) is 65.5 Å². The molecule has 0 saturated heterocycles. The van der Waals surface area contributed by atoms with E-state index in [0.717, 1.165) is 29.1 Å². The molecule has 1 N–H and O–H groups in total. The average Bonchev–Trinajstić information content (AvgIpc) is 3.28. The van der Waals surface area contributed by atoms with Gasteiger partial charge in [-0.3, -0.25) is 4.79 Å². The van der Waals surface area contributed by atoms with E-state index in [9.17, 15) is 4.79 Å². The third-order valence-electron chi connectivity index (χ3n) is 5.33. The highest BCUT2D eigenvalue weighted by molar-refractivity contribution is 5.95. The molecule has 4 rings (SSSR count). The number of hydrogen-bond donors (Lipinski definition) is 1. The van der Waals surface area contributed by atoms with Gasteiger partial charge in [-0.2, -0.15) is 0 Å². The summed E-state index contributed by atoms with van der Waals surface area (Å²) in [5.41, 5.74) is 3.84. The topological polar surface area (TPSA) is 67.5 Å². The molecule has 1 aromatic heterocycles. The molecule has 0 bridgehead atoms. The highest BCUT2D eigenvalue weighted by Crippen LogP contribution is 2.38. The van der Waals surface area contributed by atoms with Crippen LogP contribution in [0.5, 0.6) is 11.5 Å². The van der Waals surface area contributed by atoms with Crippen LogP contribution in [0, 0.1) is 0 Å². The third kappa shape index (κ3) is 3.11. The number of methoxy groups -OCH3 is 2. The van der Waals surface area contributed by atoms with Crippen molar-refractivity contribution in [3.63, 3.8) is 0 Å². The van der Waals surface area contributed by atoms with Crippen molar-refractivity contribution in [2.75, 3.05) is 20.8 Å². The van der Waals surface area contributed by atoms with E-state index in [-0.39, 0.29) is 11.9 Å². The zero-order chi connectivity index (χ0) is 19.7. The summed E-state index contributed by atoms with van der Waals surface area (Å²) in [7, 11) is 3.26. The molecule has 1 aliphatic rings. The minimum absolute atomic E-state index is 0.0151. The Bertz CT molecular complexity index is 998. The minimum Gasteiger partial charge on any atom is -0.493 e. The Morgan fingerprint density at radius 3 is 2.68 bits per heavy atom. The molecule has 0 unspecified atom stereocenters. The van der Waals surface area contributed by atoms with Crippen LogP contribution in [-0.2, 0) is 6.42 Å². The van der Waals surface area contributed by atoms with Gasteiger partial charge in [-0.25, -0.2) is 4.98 Å². The fraction of sp³-hybridized carbons (Fsp3) is 0.273. The number of nitrogens with zero attached hydrogens (tertiary/aromatic N) is 2. The number of ether oxygens (including phenoxy) is 2. The lowest BCUT2D eigenvalue weighted by Crippen LogP contribution is -2.38. The zero-order valence-corrected chi connectivity index (χ0v) is 16.2. The number of benzene rings is 2. The lowest BCUT2D eigenvalue weighted by Gasteiger charge is -2.36. The molecule has 1 atom stereocenters. The summed E-state index contributed by atoms with van der Waals surface area (Å²) in [6, 6.07) is 11.5. The molecule has 6 heteroatoms. The molecular formula is C22H23N3O3. The van der Waals surface area contributed by atoms with Gasteiger partial charge in [0.25, 0.3) is 5.91 Å². The van der Waals surface area contributed by atoms with Gasteiger partial charge in [-0.05, 0) is 48.7 Å². The molecule has 0 fully saturated rings. The Morgan fingerprint density at radius 2 is 1.96 bits per heavy atom. The first-order chi connectivity index (χ1) is 13.6. The van der Waals surface area contributed by atoms with Crippen LogP contribution in [0.3, 0.4) is 0 Å². The van der Waals surface area contributed by atoms with Gasteiger partial charge in [-0.15, -0.1) is 0 Å². The highest BCUT2D eigenvalue weighted by atomic mass is 16.5. The molecule has 6 nitrogen and oxygen atoms in total. The second kappa shape index (κ2) is 7.38. The summed E-state index contributed by atoms with van der Waals surface area (Å²) in [5.74, 6) is 2.17. The molecule has 2 aromatic carbocycles. The second-order valence-electron chi connectivity index (χ2n) is 6.85. The summed E-state index contributed by atoms with van der Waals surface area (Å²) in [6.07, 6.45) is 4.26. The number of fused-ring (bicyclic) bond motifs is 1. The minimum atomic E-state index is -0.0525. The largest absolute Gasteiger partial charge is 0.493 e. The van der Waals surface area contributed by atoms with E-state index in [1.54, 1.807) is 26.6 Å². The Morgan fingerprint density at radius 1 is 1.18 bits per heavy atom. The van der Waals surface area contributed by atoms with E-state index in [1.807, 2.05) is 41.3 Å². The van der Waals surface area contributed by atoms with Crippen molar-refractivity contribution >= 4 is 5.91 Å². The maximum atomic E-state index is 13.3. The summed E-state index contributed by atoms with van der Waals surface area (Å²) >= 11 is 0. The van der Waals surface area contributed by atoms with Crippen molar-refractivity contribution in [3.8, 4) is 22.9 Å². The SMILES string of the molecule is COc1cc2c(cc1OC)[C@H](C)N(C(=O)c1cccc(-c3ncc[nH]3)c1)CC2. The number of amides is 1. The molecule has 0 spiro atoms. The smallest absolute Gasteiger partial charge is 0.254 e. The first-order valence-corrected chi connectivity index (χ1v) is 9.28. The standard InChI is InChI=1S/C22H23N3O3/c1-14-18-13-20(28-3)19(27-2)12-15(18)7-10-25(14)22(26)17-6-4-5-16(11-17)21-23-8-9-24-21/h4-6,8-9,11-14H,7,10H2,1-3H3,(H,23,24)/t14-/m0/s1. The summed E-state index contributed by atoms with van der Waals surface area (Å²) < 4.78 is 10.9. The zero-order valence-electron chi connectivity index (χ0n) is 16.2. The molecule has 144 valence electrons. The third-order valence-corrected chi connectivity index (χ3v) is 5.33. The fourth-order valence-electron chi connectivity index (χ4n) is 3.81. The van der Waals surface area contributed by atoms with Crippen molar-refractivity contribution < 1.29 is 14.3 Å². The van der Waals surface area contributed by atoms with E-state index in [4.69, 9.17) is 9.47 Å². The van der Waals surface area contributed by atoms with Gasteiger partial charge in [0.15, 0.2) is 11.5 Å². The van der Waals surface area contributed by atoms with Gasteiger partial charge in [0.05, 0.1) is 20.3 Å². The number of carbonyl (C=O) groups excluding carboxylic acids is 1. The van der Waals surface area contributed by atoms with Crippen LogP contribution in [-0.4, -0.2) is 41.5 Å². The predicted octanol–water partition coefficient (Wildman–Crippen LogP) is 3.85. The number of imidazole rings is 1. The number of aromatic amines is 1. The number of carbonyl (C=O) groups is 1. The first kappa shape index (κ1) is 18.1. The molecule has 1 amide bonds. The number of H-pyrrole nitrogens is 1. The van der Waals surface area contributed by atoms with Gasteiger partial charge >= 0.3 is 0 Å². The van der Waals surface area contributed by atoms with E-state index in [1.165, 1.54) is 5.56 Å². The summed E-state index contributed by atoms with van der Waals surface area (Å²) in [5, 5.41) is 0. The van der Waals surface area contributed by atoms with Crippen LogP contribution < -0.4 is 9.47 Å². The van der Waals surface area contributed by atoms with E-state index in [0.29, 0.717) is 17.9 Å². The molecule has 0 saturated carbocycles. The van der Waals surface area contributed by atoms with Gasteiger partial charge in [0.2, 0.25) is 0 Å². The lowest BCUT2D eigenvalue weighted by molar-refractivity contribution is 0.0677. The van der Waals surface area contributed by atoms with Crippen LogP contribution in [0.2, 0.25) is 0 Å². The monoisotopic (exact) mass is 377 g/mol. The molecule has 1 aliphatic heterocycles. The lowest BCUT2D eigenvalue weighted by atomic mass is 9.92. The maximum absolute atomic E-state index is 13.3. The van der Waals surface area contributed by atoms with Gasteiger partial charge in [0.1, 0.15) is 5.82 Å². The van der Waals surface area contributed by atoms with E-state index < -0.39 is 0 Å². The summed E-state index contributed by atoms with van der Waals surface area (Å²) in [4.78, 5) is 22.5. The Hall–Kier alpha value is -3.28. The molecule has 0 radical (unpaired) electrons. The quantitative estimate of drug-likeness (QED) is 0.750. The molecule has 0 aliphatic carbocycles. The maximum Gasteiger partial charge on any atom is 0.254 e. The van der Waals surface area contributed by atoms with Crippen LogP contribution in [0.1, 0.15) is 34.5 Å².